The summed E-state index contributed by atoms with van der Waals surface area (Å²) in [5.74, 6) is 2.58. The first kappa shape index (κ1) is 23.0. The van der Waals surface area contributed by atoms with Gasteiger partial charge in [-0.15, -0.1) is 11.3 Å². The zero-order valence-electron chi connectivity index (χ0n) is 19.4. The Bertz CT molecular complexity index is 696. The van der Waals surface area contributed by atoms with Gasteiger partial charge in [0.2, 0.25) is 0 Å². The third kappa shape index (κ3) is 6.88. The van der Waals surface area contributed by atoms with Gasteiger partial charge in [0.25, 0.3) is 0 Å². The number of piperidine rings is 1. The zero-order valence-corrected chi connectivity index (χ0v) is 20.2. The molecular weight excluding hydrogens is 408 g/mol. The van der Waals surface area contributed by atoms with Gasteiger partial charge in [-0.25, -0.2) is 4.98 Å². The second-order valence-corrected chi connectivity index (χ2v) is 10.3. The van der Waals surface area contributed by atoms with E-state index in [0.717, 1.165) is 70.9 Å². The Balaban J connectivity index is 1.22. The molecule has 0 aromatic carbocycles. The van der Waals surface area contributed by atoms with Crippen LogP contribution in [0.2, 0.25) is 0 Å². The number of ether oxygens (including phenoxy) is 1. The van der Waals surface area contributed by atoms with Crippen LogP contribution < -0.4 is 5.32 Å². The summed E-state index contributed by atoms with van der Waals surface area (Å²) in [6.45, 7) is 16.9. The molecule has 4 heterocycles. The molecule has 1 aromatic heterocycles. The number of morpholine rings is 1. The number of aliphatic imine (C=N–C) groups is 1. The summed E-state index contributed by atoms with van der Waals surface area (Å²) in [6, 6.07) is 0. The molecule has 1 atom stereocenters. The van der Waals surface area contributed by atoms with E-state index in [4.69, 9.17) is 9.73 Å². The molecule has 0 radical (unpaired) electrons. The van der Waals surface area contributed by atoms with E-state index in [-0.39, 0.29) is 0 Å². The summed E-state index contributed by atoms with van der Waals surface area (Å²) in [6.07, 6.45) is 3.76. The Morgan fingerprint density at radius 3 is 2.61 bits per heavy atom. The van der Waals surface area contributed by atoms with Gasteiger partial charge in [-0.2, -0.15) is 0 Å². The SMILES string of the molecule is CCNC(=NCC1CCN(Cc2csc(C)n2)CC1)N1CCC(CN2CCOCC2)C1. The number of hydrogen-bond donors (Lipinski definition) is 1. The fourth-order valence-corrected chi connectivity index (χ4v) is 5.61. The van der Waals surface area contributed by atoms with Crippen LogP contribution in [0.3, 0.4) is 0 Å². The van der Waals surface area contributed by atoms with E-state index in [9.17, 15) is 0 Å². The first-order valence-corrected chi connectivity index (χ1v) is 13.0. The van der Waals surface area contributed by atoms with Gasteiger partial charge in [0.1, 0.15) is 0 Å². The zero-order chi connectivity index (χ0) is 21.5. The van der Waals surface area contributed by atoms with Gasteiger partial charge >= 0.3 is 0 Å². The molecule has 1 aromatic rings. The minimum absolute atomic E-state index is 0.703. The minimum Gasteiger partial charge on any atom is -0.379 e. The van der Waals surface area contributed by atoms with Crippen LogP contribution in [0.4, 0.5) is 0 Å². The predicted molar refractivity (Wildman–Crippen MR) is 128 cm³/mol. The fraction of sp³-hybridized carbons (Fsp3) is 0.826. The first-order chi connectivity index (χ1) is 15.2. The lowest BCUT2D eigenvalue weighted by atomic mass is 9.97. The molecule has 174 valence electrons. The van der Waals surface area contributed by atoms with Crippen molar-refractivity contribution in [2.45, 2.75) is 39.7 Å². The highest BCUT2D eigenvalue weighted by atomic mass is 32.1. The van der Waals surface area contributed by atoms with Crippen LogP contribution in [-0.4, -0.2) is 97.8 Å². The smallest absolute Gasteiger partial charge is 0.193 e. The summed E-state index contributed by atoms with van der Waals surface area (Å²) in [5.41, 5.74) is 1.23. The van der Waals surface area contributed by atoms with Crippen LogP contribution in [-0.2, 0) is 11.3 Å². The minimum atomic E-state index is 0.703. The van der Waals surface area contributed by atoms with Gasteiger partial charge in [0, 0.05) is 57.7 Å². The van der Waals surface area contributed by atoms with E-state index in [0.29, 0.717) is 5.92 Å². The van der Waals surface area contributed by atoms with Crippen molar-refractivity contribution in [2.75, 3.05) is 72.1 Å². The second kappa shape index (κ2) is 11.6. The average Bonchev–Trinajstić information content (AvgIpc) is 3.42. The number of aromatic nitrogens is 1. The van der Waals surface area contributed by atoms with Gasteiger partial charge in [0.15, 0.2) is 5.96 Å². The Morgan fingerprint density at radius 2 is 1.90 bits per heavy atom. The van der Waals surface area contributed by atoms with Gasteiger partial charge < -0.3 is 15.0 Å². The van der Waals surface area contributed by atoms with Crippen molar-refractivity contribution in [2.24, 2.45) is 16.8 Å². The van der Waals surface area contributed by atoms with Gasteiger partial charge in [-0.05, 0) is 58.0 Å². The van der Waals surface area contributed by atoms with Crippen molar-refractivity contribution >= 4 is 17.3 Å². The largest absolute Gasteiger partial charge is 0.379 e. The third-order valence-corrected chi connectivity index (χ3v) is 7.62. The lowest BCUT2D eigenvalue weighted by molar-refractivity contribution is 0.0315. The summed E-state index contributed by atoms with van der Waals surface area (Å²) >= 11 is 1.76. The molecule has 31 heavy (non-hydrogen) atoms. The van der Waals surface area contributed by atoms with E-state index in [1.54, 1.807) is 11.3 Å². The summed E-state index contributed by atoms with van der Waals surface area (Å²) in [7, 11) is 0. The Kier molecular flexibility index (Phi) is 8.58. The highest BCUT2D eigenvalue weighted by Crippen LogP contribution is 2.21. The molecule has 3 fully saturated rings. The molecule has 8 heteroatoms. The van der Waals surface area contributed by atoms with E-state index < -0.39 is 0 Å². The molecular formula is C23H40N6OS. The maximum atomic E-state index is 5.50. The molecule has 0 amide bonds. The Morgan fingerprint density at radius 1 is 1.13 bits per heavy atom. The van der Waals surface area contributed by atoms with Crippen LogP contribution in [0.1, 0.15) is 36.9 Å². The maximum absolute atomic E-state index is 5.50. The molecule has 0 bridgehead atoms. The molecule has 0 spiro atoms. The second-order valence-electron chi connectivity index (χ2n) is 9.29. The number of rotatable bonds is 7. The van der Waals surface area contributed by atoms with Crippen molar-refractivity contribution in [3.05, 3.63) is 16.1 Å². The van der Waals surface area contributed by atoms with Gasteiger partial charge in [0.05, 0.1) is 23.9 Å². The van der Waals surface area contributed by atoms with Crippen molar-refractivity contribution in [1.29, 1.82) is 0 Å². The molecule has 0 saturated carbocycles. The lowest BCUT2D eigenvalue weighted by Crippen LogP contribution is -2.42. The number of aryl methyl sites for hydroxylation is 1. The number of hydrogen-bond acceptors (Lipinski definition) is 6. The highest BCUT2D eigenvalue weighted by molar-refractivity contribution is 7.09. The summed E-state index contributed by atoms with van der Waals surface area (Å²) < 4.78 is 5.50. The molecule has 4 rings (SSSR count). The summed E-state index contributed by atoms with van der Waals surface area (Å²) in [5, 5.41) is 6.93. The third-order valence-electron chi connectivity index (χ3n) is 6.80. The number of nitrogens with one attached hydrogen (secondary N) is 1. The average molecular weight is 449 g/mol. The topological polar surface area (TPSA) is 56.2 Å². The fourth-order valence-electron chi connectivity index (χ4n) is 5.00. The lowest BCUT2D eigenvalue weighted by Gasteiger charge is -2.31. The number of guanidine groups is 1. The van der Waals surface area contributed by atoms with Crippen molar-refractivity contribution < 1.29 is 4.74 Å². The molecule has 7 nitrogen and oxygen atoms in total. The maximum Gasteiger partial charge on any atom is 0.193 e. The number of nitrogens with zero attached hydrogens (tertiary/aromatic N) is 5. The number of likely N-dealkylation sites (tertiary alicyclic amines) is 2. The standard InChI is InChI=1S/C23H40N6OS/c1-3-24-23(29-9-6-21(16-29)15-28-10-12-30-13-11-28)25-14-20-4-7-27(8-5-20)17-22-18-31-19(2)26-22/h18,20-21H,3-17H2,1-2H3,(H,24,25). The molecule has 1 N–H and O–H groups in total. The molecule has 3 aliphatic heterocycles. The highest BCUT2D eigenvalue weighted by Gasteiger charge is 2.27. The quantitative estimate of drug-likeness (QED) is 0.510. The monoisotopic (exact) mass is 448 g/mol. The summed E-state index contributed by atoms with van der Waals surface area (Å²) in [4.78, 5) is 17.3. The predicted octanol–water partition coefficient (Wildman–Crippen LogP) is 2.28. The number of thiazole rings is 1. The van der Waals surface area contributed by atoms with Crippen molar-refractivity contribution in [3.8, 4) is 0 Å². The van der Waals surface area contributed by atoms with Crippen LogP contribution in [0.15, 0.2) is 10.4 Å². The van der Waals surface area contributed by atoms with Crippen molar-refractivity contribution in [3.63, 3.8) is 0 Å². The van der Waals surface area contributed by atoms with Crippen molar-refractivity contribution in [1.82, 2.24) is 25.0 Å². The van der Waals surface area contributed by atoms with E-state index in [2.05, 4.69) is 44.2 Å². The van der Waals surface area contributed by atoms with Crippen LogP contribution >= 0.6 is 11.3 Å². The van der Waals surface area contributed by atoms with Crippen LogP contribution in [0.25, 0.3) is 0 Å². The van der Waals surface area contributed by atoms with Gasteiger partial charge in [-0.1, -0.05) is 0 Å². The first-order valence-electron chi connectivity index (χ1n) is 12.2. The van der Waals surface area contributed by atoms with E-state index in [1.165, 1.54) is 49.6 Å². The molecule has 0 aliphatic carbocycles. The Hall–Kier alpha value is -1.22. The Labute approximate surface area is 191 Å². The van der Waals surface area contributed by atoms with Crippen LogP contribution in [0.5, 0.6) is 0 Å². The molecule has 3 aliphatic rings. The van der Waals surface area contributed by atoms with Gasteiger partial charge in [-0.3, -0.25) is 14.8 Å². The van der Waals surface area contributed by atoms with E-state index in [1.807, 2.05) is 0 Å². The van der Waals surface area contributed by atoms with E-state index >= 15 is 0 Å². The van der Waals surface area contributed by atoms with Crippen LogP contribution in [0, 0.1) is 18.8 Å². The molecule has 3 saturated heterocycles. The molecule has 1 unspecified atom stereocenters. The normalized spacial score (nSPS) is 24.8.